The number of nitrogens with one attached hydrogen (secondary N) is 2. The van der Waals surface area contributed by atoms with E-state index in [9.17, 15) is 9.59 Å². The fraction of sp³-hybridized carbons (Fsp3) is 0.375. The van der Waals surface area contributed by atoms with Gasteiger partial charge in [0.25, 0.3) is 0 Å². The molecule has 2 N–H and O–H groups in total. The van der Waals surface area contributed by atoms with Gasteiger partial charge in [0.1, 0.15) is 12.8 Å². The summed E-state index contributed by atoms with van der Waals surface area (Å²) in [5, 5.41) is 22.1. The Morgan fingerprint density at radius 3 is 2.00 bits per heavy atom. The second kappa shape index (κ2) is 10.8. The molecule has 7 nitrogen and oxygen atoms in total. The molecule has 0 fully saturated rings. The van der Waals surface area contributed by atoms with Crippen LogP contribution in [0.5, 0.6) is 0 Å². The quantitative estimate of drug-likeness (QED) is 0.693. The van der Waals surface area contributed by atoms with Crippen molar-refractivity contribution >= 4 is 11.8 Å². The lowest BCUT2D eigenvalue weighted by Gasteiger charge is -2.19. The summed E-state index contributed by atoms with van der Waals surface area (Å²) in [7, 11) is 0. The molecule has 0 aliphatic heterocycles. The van der Waals surface area contributed by atoms with Crippen LogP contribution >= 0.6 is 0 Å². The average Bonchev–Trinajstić information content (AvgIpc) is 2.55. The number of ether oxygens (including phenoxy) is 1. The topological polar surface area (TPSA) is 115 Å². The Morgan fingerprint density at radius 2 is 1.52 bits per heavy atom. The molecule has 120 valence electrons. The van der Waals surface area contributed by atoms with E-state index in [4.69, 9.17) is 15.3 Å². The van der Waals surface area contributed by atoms with Crippen molar-refractivity contribution in [2.75, 3.05) is 13.1 Å². The number of nitriles is 2. The third-order valence-corrected chi connectivity index (χ3v) is 2.86. The Bertz CT molecular complexity index is 558. The lowest BCUT2D eigenvalue weighted by atomic mass is 10.2. The predicted octanol–water partition coefficient (Wildman–Crippen LogP) is 0.632. The first-order chi connectivity index (χ1) is 11.2. The molecule has 0 aliphatic carbocycles. The minimum absolute atomic E-state index is 0.167. The van der Waals surface area contributed by atoms with Crippen molar-refractivity contribution in [3.8, 4) is 12.1 Å². The lowest BCUT2D eigenvalue weighted by molar-refractivity contribution is -0.121. The van der Waals surface area contributed by atoms with E-state index in [0.29, 0.717) is 6.61 Å². The third-order valence-electron chi connectivity index (χ3n) is 2.86. The molecule has 0 heterocycles. The van der Waals surface area contributed by atoms with Crippen molar-refractivity contribution in [1.29, 1.82) is 10.5 Å². The average molecular weight is 314 g/mol. The molecule has 0 radical (unpaired) electrons. The van der Waals surface area contributed by atoms with Gasteiger partial charge in [0.2, 0.25) is 11.8 Å². The van der Waals surface area contributed by atoms with Crippen LogP contribution in [0.3, 0.4) is 0 Å². The van der Waals surface area contributed by atoms with Crippen molar-refractivity contribution < 1.29 is 14.3 Å². The first-order valence-corrected chi connectivity index (χ1v) is 7.08. The zero-order valence-electron chi connectivity index (χ0n) is 12.6. The van der Waals surface area contributed by atoms with E-state index >= 15 is 0 Å². The van der Waals surface area contributed by atoms with Crippen molar-refractivity contribution in [2.45, 2.75) is 25.6 Å². The minimum atomic E-state index is -0.458. The summed E-state index contributed by atoms with van der Waals surface area (Å²) >= 11 is 0. The second-order valence-corrected chi connectivity index (χ2v) is 4.70. The molecular formula is C16H18N4O3. The fourth-order valence-electron chi connectivity index (χ4n) is 1.70. The van der Waals surface area contributed by atoms with Crippen molar-refractivity contribution in [3.05, 3.63) is 35.9 Å². The number of amides is 2. The summed E-state index contributed by atoms with van der Waals surface area (Å²) < 4.78 is 5.69. The molecule has 0 saturated heterocycles. The van der Waals surface area contributed by atoms with Gasteiger partial charge in [-0.1, -0.05) is 30.3 Å². The summed E-state index contributed by atoms with van der Waals surface area (Å²) in [5.41, 5.74) is 0.962. The number of nitrogens with zero attached hydrogens (tertiary/aromatic N) is 2. The van der Waals surface area contributed by atoms with Crippen LogP contribution in [0.25, 0.3) is 0 Å². The van der Waals surface area contributed by atoms with Gasteiger partial charge in [0.15, 0.2) is 0 Å². The molecule has 0 atom stereocenters. The number of hydrogen-bond acceptors (Lipinski definition) is 5. The standard InChI is InChI=1S/C16H18N4O3/c17-8-6-15(21)19-10-14(11-20-16(22)7-9-18)23-12-13-4-2-1-3-5-13/h1-5,14H,6-7,10-12H2,(H,19,21)(H,20,22). The van der Waals surface area contributed by atoms with E-state index in [1.54, 1.807) is 12.1 Å². The van der Waals surface area contributed by atoms with E-state index in [0.717, 1.165) is 5.56 Å². The zero-order valence-corrected chi connectivity index (χ0v) is 12.6. The summed E-state index contributed by atoms with van der Waals surface area (Å²) in [5.74, 6) is -0.798. The first kappa shape index (κ1) is 18.1. The number of hydrogen-bond donors (Lipinski definition) is 2. The predicted molar refractivity (Wildman–Crippen MR) is 81.5 cm³/mol. The van der Waals surface area contributed by atoms with Gasteiger partial charge in [-0.25, -0.2) is 0 Å². The summed E-state index contributed by atoms with van der Waals surface area (Å²) in [6.45, 7) is 0.661. The van der Waals surface area contributed by atoms with Gasteiger partial charge in [0, 0.05) is 13.1 Å². The Morgan fingerprint density at radius 1 is 1.00 bits per heavy atom. The Hall–Kier alpha value is -2.90. The van der Waals surface area contributed by atoms with E-state index in [1.165, 1.54) is 0 Å². The van der Waals surface area contributed by atoms with Crippen LogP contribution in [0.15, 0.2) is 30.3 Å². The number of carbonyl (C=O) groups excluding carboxylic acids is 2. The zero-order chi connectivity index (χ0) is 16.9. The molecule has 0 unspecified atom stereocenters. The molecule has 1 rings (SSSR count). The van der Waals surface area contributed by atoms with Gasteiger partial charge in [-0.15, -0.1) is 0 Å². The van der Waals surface area contributed by atoms with Crippen LogP contribution in [0.2, 0.25) is 0 Å². The van der Waals surface area contributed by atoms with Gasteiger partial charge in [0.05, 0.1) is 24.8 Å². The maximum Gasteiger partial charge on any atom is 0.234 e. The summed E-state index contributed by atoms with van der Waals surface area (Å²) in [4.78, 5) is 22.7. The van der Waals surface area contributed by atoms with Gasteiger partial charge < -0.3 is 15.4 Å². The van der Waals surface area contributed by atoms with E-state index in [1.807, 2.05) is 30.3 Å². The van der Waals surface area contributed by atoms with Crippen LogP contribution in [0, 0.1) is 22.7 Å². The molecule has 1 aromatic rings. The fourth-order valence-corrected chi connectivity index (χ4v) is 1.70. The monoisotopic (exact) mass is 314 g/mol. The summed E-state index contributed by atoms with van der Waals surface area (Å²) in [6.07, 6.45) is -0.918. The normalized spacial score (nSPS) is 9.70. The lowest BCUT2D eigenvalue weighted by Crippen LogP contribution is -2.41. The van der Waals surface area contributed by atoms with Gasteiger partial charge in [-0.3, -0.25) is 9.59 Å². The van der Waals surface area contributed by atoms with Crippen LogP contribution in [0.4, 0.5) is 0 Å². The van der Waals surface area contributed by atoms with Crippen LogP contribution < -0.4 is 10.6 Å². The molecule has 23 heavy (non-hydrogen) atoms. The molecule has 0 saturated carbocycles. The van der Waals surface area contributed by atoms with Gasteiger partial charge in [-0.2, -0.15) is 10.5 Å². The van der Waals surface area contributed by atoms with Gasteiger partial charge in [-0.05, 0) is 5.56 Å². The molecule has 2 amide bonds. The van der Waals surface area contributed by atoms with E-state index in [-0.39, 0.29) is 25.9 Å². The highest BCUT2D eigenvalue weighted by atomic mass is 16.5. The van der Waals surface area contributed by atoms with Crippen molar-refractivity contribution in [1.82, 2.24) is 10.6 Å². The third kappa shape index (κ3) is 8.20. The molecule has 0 aliphatic rings. The Kier molecular flexibility index (Phi) is 8.50. The molecule has 0 bridgehead atoms. The SMILES string of the molecule is N#CCC(=O)NCC(CNC(=O)CC#N)OCc1ccccc1. The Labute approximate surface area is 134 Å². The number of benzene rings is 1. The number of rotatable bonds is 9. The maximum absolute atomic E-state index is 11.3. The van der Waals surface area contributed by atoms with Crippen LogP contribution in [-0.2, 0) is 20.9 Å². The molecule has 0 spiro atoms. The minimum Gasteiger partial charge on any atom is -0.370 e. The molecule has 0 aromatic heterocycles. The highest BCUT2D eigenvalue weighted by Gasteiger charge is 2.13. The van der Waals surface area contributed by atoms with Crippen LogP contribution in [-0.4, -0.2) is 31.0 Å². The van der Waals surface area contributed by atoms with Crippen molar-refractivity contribution in [2.24, 2.45) is 0 Å². The molecule has 7 heteroatoms. The maximum atomic E-state index is 11.3. The second-order valence-electron chi connectivity index (χ2n) is 4.70. The Balaban J connectivity index is 2.49. The highest BCUT2D eigenvalue weighted by molar-refractivity contribution is 5.78. The highest BCUT2D eigenvalue weighted by Crippen LogP contribution is 2.03. The largest absolute Gasteiger partial charge is 0.370 e. The van der Waals surface area contributed by atoms with E-state index in [2.05, 4.69) is 10.6 Å². The first-order valence-electron chi connectivity index (χ1n) is 7.08. The molecule has 1 aromatic carbocycles. The van der Waals surface area contributed by atoms with Crippen molar-refractivity contribution in [3.63, 3.8) is 0 Å². The number of carbonyl (C=O) groups is 2. The summed E-state index contributed by atoms with van der Waals surface area (Å²) in [6, 6.07) is 13.0. The van der Waals surface area contributed by atoms with E-state index < -0.39 is 17.9 Å². The van der Waals surface area contributed by atoms with Crippen LogP contribution in [0.1, 0.15) is 18.4 Å². The smallest absolute Gasteiger partial charge is 0.234 e. The molecular weight excluding hydrogens is 296 g/mol. The van der Waals surface area contributed by atoms with Gasteiger partial charge >= 0.3 is 0 Å².